The normalized spacial score (nSPS) is 14.2. The zero-order valence-corrected chi connectivity index (χ0v) is 18.3. The lowest BCUT2D eigenvalue weighted by molar-refractivity contribution is 0.219. The van der Waals surface area contributed by atoms with E-state index in [1.54, 1.807) is 25.7 Å². The van der Waals surface area contributed by atoms with Gasteiger partial charge in [0.05, 0.1) is 23.8 Å². The maximum atomic E-state index is 6.63. The van der Waals surface area contributed by atoms with Crippen LogP contribution in [-0.2, 0) is 13.1 Å². The summed E-state index contributed by atoms with van der Waals surface area (Å²) in [4.78, 5) is 14.9. The number of benzene rings is 1. The molecule has 1 aliphatic rings. The molecule has 7 nitrogen and oxygen atoms in total. The molecule has 9 heteroatoms. The average Bonchev–Trinajstić information content (AvgIpc) is 3.07. The van der Waals surface area contributed by atoms with Gasteiger partial charge in [-0.15, -0.1) is 0 Å². The first kappa shape index (κ1) is 20.1. The summed E-state index contributed by atoms with van der Waals surface area (Å²) in [6.07, 6.45) is 7.33. The third-order valence-electron chi connectivity index (χ3n) is 5.24. The maximum Gasteiger partial charge on any atom is 0.316 e. The van der Waals surface area contributed by atoms with Crippen molar-refractivity contribution in [3.05, 3.63) is 70.4 Å². The molecule has 0 unspecified atom stereocenters. The number of fused-ring (bicyclic) bond motifs is 2. The molecule has 1 aliphatic heterocycles. The highest BCUT2D eigenvalue weighted by molar-refractivity contribution is 6.32. The Kier molecular flexibility index (Phi) is 5.40. The van der Waals surface area contributed by atoms with E-state index in [4.69, 9.17) is 32.7 Å². The Morgan fingerprint density at radius 2 is 1.94 bits per heavy atom. The van der Waals surface area contributed by atoms with Crippen LogP contribution < -0.4 is 9.47 Å². The highest BCUT2D eigenvalue weighted by Gasteiger charge is 2.20. The summed E-state index contributed by atoms with van der Waals surface area (Å²) in [7, 11) is 1.55. The number of hydrogen-bond donors (Lipinski definition) is 0. The SMILES string of the molecule is COc1ncc(CN2CCOc3c(Cl)cc(-n4ccc5cc(Cl)ncc54)cc3C2)cn1. The molecule has 158 valence electrons. The van der Waals surface area contributed by atoms with Gasteiger partial charge in [-0.05, 0) is 24.3 Å². The highest BCUT2D eigenvalue weighted by Crippen LogP contribution is 2.35. The van der Waals surface area contributed by atoms with Crippen LogP contribution in [0.5, 0.6) is 11.8 Å². The zero-order chi connectivity index (χ0) is 21.4. The van der Waals surface area contributed by atoms with Crippen LogP contribution in [0.15, 0.2) is 49.1 Å². The first-order chi connectivity index (χ1) is 15.1. The van der Waals surface area contributed by atoms with Crippen LogP contribution in [0, 0.1) is 0 Å². The van der Waals surface area contributed by atoms with Gasteiger partial charge in [-0.1, -0.05) is 23.2 Å². The molecular weight excluding hydrogens is 437 g/mol. The van der Waals surface area contributed by atoms with Gasteiger partial charge >= 0.3 is 6.01 Å². The lowest BCUT2D eigenvalue weighted by atomic mass is 10.1. The molecule has 0 aliphatic carbocycles. The lowest BCUT2D eigenvalue weighted by Crippen LogP contribution is -2.25. The Bertz CT molecular complexity index is 1240. The van der Waals surface area contributed by atoms with Crippen LogP contribution in [0.1, 0.15) is 11.1 Å². The van der Waals surface area contributed by atoms with E-state index in [2.05, 4.69) is 30.5 Å². The minimum atomic E-state index is 0.361. The van der Waals surface area contributed by atoms with Gasteiger partial charge in [0.15, 0.2) is 0 Å². The highest BCUT2D eigenvalue weighted by atomic mass is 35.5. The third kappa shape index (κ3) is 4.04. The number of methoxy groups -OCH3 is 1. The number of nitrogens with zero attached hydrogens (tertiary/aromatic N) is 5. The molecule has 31 heavy (non-hydrogen) atoms. The van der Waals surface area contributed by atoms with Gasteiger partial charge < -0.3 is 14.0 Å². The molecule has 0 radical (unpaired) electrons. The standard InChI is InChI=1S/C22H19Cl2N5O2/c1-30-22-26-9-14(10-27-22)12-28-4-5-31-21-16(13-28)6-17(8-18(21)23)29-3-2-15-7-20(24)25-11-19(15)29/h2-3,6-11H,4-5,12-13H2,1H3. The number of hydrogen-bond acceptors (Lipinski definition) is 6. The van der Waals surface area contributed by atoms with Gasteiger partial charge in [-0.3, -0.25) is 4.90 Å². The summed E-state index contributed by atoms with van der Waals surface area (Å²) in [6, 6.07) is 8.24. The largest absolute Gasteiger partial charge is 0.490 e. The topological polar surface area (TPSA) is 65.3 Å². The Labute approximate surface area is 189 Å². The molecule has 4 heterocycles. The quantitative estimate of drug-likeness (QED) is 0.421. The van der Waals surface area contributed by atoms with E-state index in [1.807, 2.05) is 24.4 Å². The molecule has 0 bridgehead atoms. The second-order valence-corrected chi connectivity index (χ2v) is 8.10. The number of pyridine rings is 1. The maximum absolute atomic E-state index is 6.63. The van der Waals surface area contributed by atoms with Gasteiger partial charge in [-0.25, -0.2) is 15.0 Å². The predicted octanol–water partition coefficient (Wildman–Crippen LogP) is 4.53. The van der Waals surface area contributed by atoms with Crippen molar-refractivity contribution in [1.82, 2.24) is 24.4 Å². The summed E-state index contributed by atoms with van der Waals surface area (Å²) < 4.78 is 13.1. The van der Waals surface area contributed by atoms with E-state index in [1.165, 1.54) is 0 Å². The van der Waals surface area contributed by atoms with Crippen molar-refractivity contribution < 1.29 is 9.47 Å². The molecule has 1 aromatic carbocycles. The summed E-state index contributed by atoms with van der Waals surface area (Å²) in [5.74, 6) is 0.733. The summed E-state index contributed by atoms with van der Waals surface area (Å²) in [5.41, 5.74) is 3.94. The van der Waals surface area contributed by atoms with Crippen LogP contribution in [0.4, 0.5) is 0 Å². The molecule has 0 spiro atoms. The molecule has 0 saturated carbocycles. The number of aromatic nitrogens is 4. The molecule has 0 amide bonds. The van der Waals surface area contributed by atoms with E-state index in [0.717, 1.165) is 40.0 Å². The van der Waals surface area contributed by atoms with E-state index in [9.17, 15) is 0 Å². The van der Waals surface area contributed by atoms with Crippen molar-refractivity contribution in [3.63, 3.8) is 0 Å². The van der Waals surface area contributed by atoms with Crippen molar-refractivity contribution in [2.24, 2.45) is 0 Å². The minimum Gasteiger partial charge on any atom is -0.490 e. The van der Waals surface area contributed by atoms with Crippen molar-refractivity contribution in [3.8, 4) is 17.4 Å². The molecule has 3 aromatic heterocycles. The van der Waals surface area contributed by atoms with Crippen LogP contribution in [0.25, 0.3) is 16.6 Å². The van der Waals surface area contributed by atoms with E-state index in [-0.39, 0.29) is 0 Å². The van der Waals surface area contributed by atoms with Gasteiger partial charge in [0.25, 0.3) is 0 Å². The second kappa shape index (κ2) is 8.34. The molecule has 0 fully saturated rings. The van der Waals surface area contributed by atoms with E-state index in [0.29, 0.717) is 35.9 Å². The third-order valence-corrected chi connectivity index (χ3v) is 5.73. The number of ether oxygens (including phenoxy) is 2. The van der Waals surface area contributed by atoms with Crippen molar-refractivity contribution in [2.45, 2.75) is 13.1 Å². The van der Waals surface area contributed by atoms with E-state index < -0.39 is 0 Å². The molecule has 0 atom stereocenters. The Morgan fingerprint density at radius 1 is 1.10 bits per heavy atom. The Hall–Kier alpha value is -2.87. The Morgan fingerprint density at radius 3 is 2.74 bits per heavy atom. The number of rotatable bonds is 4. The zero-order valence-electron chi connectivity index (χ0n) is 16.8. The molecule has 0 N–H and O–H groups in total. The minimum absolute atomic E-state index is 0.361. The number of halogens is 2. The van der Waals surface area contributed by atoms with Crippen LogP contribution >= 0.6 is 23.2 Å². The molecule has 4 aromatic rings. The monoisotopic (exact) mass is 455 g/mol. The summed E-state index contributed by atoms with van der Waals surface area (Å²) in [6.45, 7) is 2.71. The van der Waals surface area contributed by atoms with Crippen molar-refractivity contribution in [1.29, 1.82) is 0 Å². The van der Waals surface area contributed by atoms with Crippen LogP contribution in [0.3, 0.4) is 0 Å². The van der Waals surface area contributed by atoms with E-state index >= 15 is 0 Å². The average molecular weight is 456 g/mol. The fraction of sp³-hybridized carbons (Fsp3) is 0.227. The molecule has 5 rings (SSSR count). The van der Waals surface area contributed by atoms with Crippen molar-refractivity contribution in [2.75, 3.05) is 20.3 Å². The predicted molar refractivity (Wildman–Crippen MR) is 119 cm³/mol. The van der Waals surface area contributed by atoms with Crippen molar-refractivity contribution >= 4 is 34.1 Å². The molecular formula is C22H19Cl2N5O2. The van der Waals surface area contributed by atoms with Gasteiger partial charge in [0, 0.05) is 60.4 Å². The summed E-state index contributed by atoms with van der Waals surface area (Å²) >= 11 is 12.7. The molecule has 0 saturated heterocycles. The smallest absolute Gasteiger partial charge is 0.316 e. The van der Waals surface area contributed by atoms with Gasteiger partial charge in [0.1, 0.15) is 17.5 Å². The van der Waals surface area contributed by atoms with Gasteiger partial charge in [-0.2, -0.15) is 0 Å². The fourth-order valence-electron chi connectivity index (χ4n) is 3.80. The first-order valence-corrected chi connectivity index (χ1v) is 10.5. The first-order valence-electron chi connectivity index (χ1n) is 9.76. The van der Waals surface area contributed by atoms with Crippen LogP contribution in [0.2, 0.25) is 10.2 Å². The second-order valence-electron chi connectivity index (χ2n) is 7.30. The lowest BCUT2D eigenvalue weighted by Gasteiger charge is -2.19. The van der Waals surface area contributed by atoms with Crippen LogP contribution in [-0.4, -0.2) is 44.7 Å². The van der Waals surface area contributed by atoms with Gasteiger partial charge in [0.2, 0.25) is 0 Å². The Balaban J connectivity index is 1.46. The fourth-order valence-corrected chi connectivity index (χ4v) is 4.26. The summed E-state index contributed by atoms with van der Waals surface area (Å²) in [5, 5.41) is 2.08.